The Bertz CT molecular complexity index is 1200. The average Bonchev–Trinajstić information content (AvgIpc) is 3.66. The van der Waals surface area contributed by atoms with Crippen molar-refractivity contribution in [1.82, 2.24) is 15.0 Å². The van der Waals surface area contributed by atoms with Crippen LogP contribution in [0.3, 0.4) is 0 Å². The number of nitrogens with zero attached hydrogens (tertiary/aromatic N) is 4. The number of hydrogen-bond acceptors (Lipinski definition) is 6. The molecular formula is C26H27ClN6O. The van der Waals surface area contributed by atoms with Gasteiger partial charge < -0.3 is 10.6 Å². The van der Waals surface area contributed by atoms with Crippen molar-refractivity contribution >= 4 is 35.5 Å². The van der Waals surface area contributed by atoms with Gasteiger partial charge in [-0.3, -0.25) is 9.79 Å². The number of rotatable bonds is 9. The number of amides is 1. The summed E-state index contributed by atoms with van der Waals surface area (Å²) in [5.74, 6) is 1.37. The highest BCUT2D eigenvalue weighted by molar-refractivity contribution is 6.31. The molecule has 2 aromatic heterocycles. The predicted octanol–water partition coefficient (Wildman–Crippen LogP) is 5.66. The zero-order valence-corrected chi connectivity index (χ0v) is 20.0. The molecule has 0 spiro atoms. The first kappa shape index (κ1) is 23.6. The Hall–Kier alpha value is -3.58. The summed E-state index contributed by atoms with van der Waals surface area (Å²) < 4.78 is 0. The van der Waals surface area contributed by atoms with Crippen molar-refractivity contribution in [2.24, 2.45) is 4.99 Å². The van der Waals surface area contributed by atoms with Crippen molar-refractivity contribution in [3.63, 3.8) is 0 Å². The van der Waals surface area contributed by atoms with Crippen LogP contribution in [0.15, 0.2) is 65.7 Å². The summed E-state index contributed by atoms with van der Waals surface area (Å²) in [4.78, 5) is 29.6. The van der Waals surface area contributed by atoms with Gasteiger partial charge >= 0.3 is 0 Å². The molecule has 1 amide bonds. The highest BCUT2D eigenvalue weighted by Crippen LogP contribution is 2.43. The Labute approximate surface area is 204 Å². The quantitative estimate of drug-likeness (QED) is 0.390. The van der Waals surface area contributed by atoms with Gasteiger partial charge in [0.15, 0.2) is 0 Å². The van der Waals surface area contributed by atoms with Crippen molar-refractivity contribution in [1.29, 1.82) is 0 Å². The smallest absolute Gasteiger partial charge is 0.229 e. The van der Waals surface area contributed by atoms with Crippen molar-refractivity contribution in [3.05, 3.63) is 76.8 Å². The minimum Gasteiger partial charge on any atom is -0.323 e. The van der Waals surface area contributed by atoms with Crippen LogP contribution < -0.4 is 10.6 Å². The van der Waals surface area contributed by atoms with E-state index in [4.69, 9.17) is 11.6 Å². The van der Waals surface area contributed by atoms with E-state index in [9.17, 15) is 4.79 Å². The monoisotopic (exact) mass is 474 g/mol. The number of hydrogen-bond donors (Lipinski definition) is 2. The van der Waals surface area contributed by atoms with E-state index >= 15 is 0 Å². The van der Waals surface area contributed by atoms with E-state index in [-0.39, 0.29) is 12.3 Å². The van der Waals surface area contributed by atoms with Gasteiger partial charge in [0.25, 0.3) is 0 Å². The first-order valence-corrected chi connectivity index (χ1v) is 11.7. The molecule has 174 valence electrons. The molecule has 0 unspecified atom stereocenters. The van der Waals surface area contributed by atoms with Gasteiger partial charge in [0, 0.05) is 42.4 Å². The lowest BCUT2D eigenvalue weighted by Crippen LogP contribution is -2.15. The fraction of sp³-hybridized carbons (Fsp3) is 0.269. The van der Waals surface area contributed by atoms with Crippen LogP contribution in [0.2, 0.25) is 5.02 Å². The molecule has 0 aliphatic heterocycles. The van der Waals surface area contributed by atoms with E-state index in [1.54, 1.807) is 37.9 Å². The molecule has 1 aliphatic carbocycles. The van der Waals surface area contributed by atoms with Gasteiger partial charge in [-0.05, 0) is 47.9 Å². The summed E-state index contributed by atoms with van der Waals surface area (Å²) in [5, 5.41) is 6.65. The summed E-state index contributed by atoms with van der Waals surface area (Å²) in [5.41, 5.74) is 4.68. The molecule has 1 aliphatic rings. The van der Waals surface area contributed by atoms with Gasteiger partial charge in [-0.1, -0.05) is 48.9 Å². The number of allylic oxidation sites excluding steroid dienone is 2. The standard InChI is InChI=1S/C26H27ClN6O/c1-3-4-21(15-28-2)32-26-30-13-20(14-31-26)18-7-5-17(6-8-18)11-25(34)33-24-12-23(27)22(16-29-24)19-9-10-19/h4-8,12-16,19H,3,9-11H2,1-2H3,(H,29,33,34)(H,30,31,32)/b21-4+,28-15?. The normalized spacial score (nSPS) is 13.8. The molecule has 3 aromatic rings. The maximum atomic E-state index is 12.5. The molecule has 8 heteroatoms. The van der Waals surface area contributed by atoms with E-state index in [1.165, 1.54) is 0 Å². The van der Waals surface area contributed by atoms with E-state index < -0.39 is 0 Å². The average molecular weight is 475 g/mol. The van der Waals surface area contributed by atoms with Gasteiger partial charge in [0.2, 0.25) is 11.9 Å². The zero-order valence-electron chi connectivity index (χ0n) is 19.3. The maximum absolute atomic E-state index is 12.5. The molecule has 2 N–H and O–H groups in total. The largest absolute Gasteiger partial charge is 0.323 e. The number of carbonyl (C=O) groups is 1. The number of pyridine rings is 1. The third-order valence-electron chi connectivity index (χ3n) is 5.42. The fourth-order valence-electron chi connectivity index (χ4n) is 3.56. The highest BCUT2D eigenvalue weighted by Gasteiger charge is 2.26. The van der Waals surface area contributed by atoms with Crippen molar-refractivity contribution in [2.75, 3.05) is 17.7 Å². The lowest BCUT2D eigenvalue weighted by molar-refractivity contribution is -0.115. The van der Waals surface area contributed by atoms with Crippen LogP contribution in [0.25, 0.3) is 11.1 Å². The lowest BCUT2D eigenvalue weighted by Gasteiger charge is -2.08. The Morgan fingerprint density at radius 2 is 1.82 bits per heavy atom. The predicted molar refractivity (Wildman–Crippen MR) is 137 cm³/mol. The number of nitrogens with one attached hydrogen (secondary N) is 2. The topological polar surface area (TPSA) is 92.2 Å². The molecule has 1 saturated carbocycles. The molecule has 4 rings (SSSR count). The fourth-order valence-corrected chi connectivity index (χ4v) is 3.86. The van der Waals surface area contributed by atoms with Gasteiger partial charge in [0.1, 0.15) is 5.82 Å². The number of aliphatic imine (C=N–C) groups is 1. The zero-order chi connectivity index (χ0) is 23.9. The lowest BCUT2D eigenvalue weighted by atomic mass is 10.1. The first-order chi connectivity index (χ1) is 16.6. The van der Waals surface area contributed by atoms with Crippen molar-refractivity contribution in [3.8, 4) is 11.1 Å². The molecule has 0 saturated heterocycles. The molecule has 0 atom stereocenters. The van der Waals surface area contributed by atoms with Crippen LogP contribution in [-0.2, 0) is 11.2 Å². The molecule has 2 heterocycles. The number of carbonyl (C=O) groups excluding carboxylic acids is 1. The van der Waals surface area contributed by atoms with Crippen molar-refractivity contribution in [2.45, 2.75) is 38.5 Å². The Kier molecular flexibility index (Phi) is 7.65. The van der Waals surface area contributed by atoms with E-state index in [1.807, 2.05) is 30.3 Å². The molecule has 1 fully saturated rings. The summed E-state index contributed by atoms with van der Waals surface area (Å²) in [6.45, 7) is 2.06. The first-order valence-electron chi connectivity index (χ1n) is 11.3. The van der Waals surface area contributed by atoms with Gasteiger partial charge in [-0.25, -0.2) is 15.0 Å². The summed E-state index contributed by atoms with van der Waals surface area (Å²) in [6.07, 6.45) is 12.5. The SMILES string of the molecule is CC/C=C(\C=NC)Nc1ncc(-c2ccc(CC(=O)Nc3cc(Cl)c(C4CC4)cn3)cc2)cn1. The highest BCUT2D eigenvalue weighted by atomic mass is 35.5. The number of anilines is 2. The molecule has 0 radical (unpaired) electrons. The molecule has 34 heavy (non-hydrogen) atoms. The van der Waals surface area contributed by atoms with E-state index in [0.717, 1.165) is 47.2 Å². The van der Waals surface area contributed by atoms with Gasteiger partial charge in [0.05, 0.1) is 12.1 Å². The van der Waals surface area contributed by atoms with Crippen LogP contribution >= 0.6 is 11.6 Å². The van der Waals surface area contributed by atoms with E-state index in [0.29, 0.717) is 22.7 Å². The third kappa shape index (κ3) is 6.26. The summed E-state index contributed by atoms with van der Waals surface area (Å²) in [7, 11) is 1.72. The van der Waals surface area contributed by atoms with Crippen LogP contribution in [0.5, 0.6) is 0 Å². The van der Waals surface area contributed by atoms with Crippen LogP contribution in [0.1, 0.15) is 43.2 Å². The van der Waals surface area contributed by atoms with E-state index in [2.05, 4.69) is 37.5 Å². The Balaban J connectivity index is 1.35. The Morgan fingerprint density at radius 1 is 1.09 bits per heavy atom. The van der Waals surface area contributed by atoms with Gasteiger partial charge in [-0.2, -0.15) is 0 Å². The van der Waals surface area contributed by atoms with Crippen LogP contribution in [0, 0.1) is 0 Å². The van der Waals surface area contributed by atoms with Crippen molar-refractivity contribution < 1.29 is 4.79 Å². The second kappa shape index (κ2) is 11.0. The molecule has 0 bridgehead atoms. The minimum absolute atomic E-state index is 0.138. The Morgan fingerprint density at radius 3 is 2.44 bits per heavy atom. The number of benzene rings is 1. The van der Waals surface area contributed by atoms with Gasteiger partial charge in [-0.15, -0.1) is 0 Å². The number of aromatic nitrogens is 3. The molecule has 7 nitrogen and oxygen atoms in total. The third-order valence-corrected chi connectivity index (χ3v) is 5.75. The van der Waals surface area contributed by atoms with Crippen LogP contribution in [-0.4, -0.2) is 34.1 Å². The second-order valence-electron chi connectivity index (χ2n) is 8.16. The summed E-state index contributed by atoms with van der Waals surface area (Å²) >= 11 is 6.33. The minimum atomic E-state index is -0.138. The summed E-state index contributed by atoms with van der Waals surface area (Å²) in [6, 6.07) is 9.50. The second-order valence-corrected chi connectivity index (χ2v) is 8.57. The number of halogens is 1. The maximum Gasteiger partial charge on any atom is 0.229 e. The molecular weight excluding hydrogens is 448 g/mol. The van der Waals surface area contributed by atoms with Crippen LogP contribution in [0.4, 0.5) is 11.8 Å². The molecule has 1 aromatic carbocycles.